The summed E-state index contributed by atoms with van der Waals surface area (Å²) in [6.07, 6.45) is 0. The Balaban J connectivity index is 1.92. The first-order chi connectivity index (χ1) is 13.2. The van der Waals surface area contributed by atoms with Crippen molar-refractivity contribution in [2.45, 2.75) is 32.7 Å². The van der Waals surface area contributed by atoms with Crippen molar-refractivity contribution in [3.63, 3.8) is 0 Å². The van der Waals surface area contributed by atoms with Crippen molar-refractivity contribution in [2.75, 3.05) is 24.2 Å². The molecule has 0 aromatic heterocycles. The van der Waals surface area contributed by atoms with E-state index in [2.05, 4.69) is 24.5 Å². The van der Waals surface area contributed by atoms with E-state index in [-0.39, 0.29) is 18.4 Å². The molecule has 0 radical (unpaired) electrons. The summed E-state index contributed by atoms with van der Waals surface area (Å²) >= 11 is 12.1. The first-order valence-corrected chi connectivity index (χ1v) is 9.91. The largest absolute Gasteiger partial charge is 0.321 e. The number of halogens is 2. The van der Waals surface area contributed by atoms with Crippen molar-refractivity contribution in [3.05, 3.63) is 58.1 Å². The first-order valence-electron chi connectivity index (χ1n) is 9.16. The second-order valence-corrected chi connectivity index (χ2v) is 7.97. The van der Waals surface area contributed by atoms with Crippen LogP contribution in [0, 0.1) is 0 Å². The van der Waals surface area contributed by atoms with E-state index in [1.807, 2.05) is 24.3 Å². The van der Waals surface area contributed by atoms with Crippen LogP contribution in [0.15, 0.2) is 42.5 Å². The highest BCUT2D eigenvalue weighted by Gasteiger charge is 2.24. The van der Waals surface area contributed by atoms with Gasteiger partial charge in [-0.25, -0.2) is 0 Å². The van der Waals surface area contributed by atoms with E-state index in [4.69, 9.17) is 23.2 Å². The maximum atomic E-state index is 12.5. The number of anilines is 2. The summed E-state index contributed by atoms with van der Waals surface area (Å²) in [6, 6.07) is 12.4. The number of nitrogens with one attached hydrogen (secondary N) is 3. The molecule has 2 amide bonds. The van der Waals surface area contributed by atoms with E-state index in [9.17, 15) is 9.59 Å². The van der Waals surface area contributed by atoms with E-state index in [1.54, 1.807) is 32.2 Å². The van der Waals surface area contributed by atoms with Gasteiger partial charge in [-0.05, 0) is 42.7 Å². The summed E-state index contributed by atoms with van der Waals surface area (Å²) < 4.78 is 0. The fraction of sp³-hybridized carbons (Fsp3) is 0.333. The van der Waals surface area contributed by atoms with Gasteiger partial charge < -0.3 is 15.5 Å². The molecule has 7 heteroatoms. The average molecular weight is 423 g/mol. The van der Waals surface area contributed by atoms with Gasteiger partial charge in [0.05, 0.1) is 22.8 Å². The lowest BCUT2D eigenvalue weighted by Gasteiger charge is -2.21. The number of likely N-dealkylation sites (N-methyl/N-ethyl adjacent to an activating group) is 1. The molecule has 3 N–H and O–H groups in total. The monoisotopic (exact) mass is 422 g/mol. The van der Waals surface area contributed by atoms with Crippen LogP contribution in [0.5, 0.6) is 0 Å². The maximum absolute atomic E-state index is 12.5. The molecule has 0 aliphatic carbocycles. The zero-order valence-corrected chi connectivity index (χ0v) is 18.0. The van der Waals surface area contributed by atoms with E-state index in [1.165, 1.54) is 5.56 Å². The van der Waals surface area contributed by atoms with Crippen LogP contribution in [0.25, 0.3) is 0 Å². The standard InChI is InChI=1S/C21H25Cl2N3O2/c1-13(2)15-8-10-16(11-9-15)24-21(28)14(3)26(4)12-19(27)25-20-17(22)6-5-7-18(20)23/h5-11,13-14H,12H2,1-4H3,(H,24,28)(H,25,27)/p+1/t14-/m1/s1. The van der Waals surface area contributed by atoms with Gasteiger partial charge in [0, 0.05) is 5.69 Å². The third-order valence-electron chi connectivity index (χ3n) is 4.64. The molecule has 0 saturated heterocycles. The minimum Gasteiger partial charge on any atom is -0.321 e. The molecular weight excluding hydrogens is 397 g/mol. The van der Waals surface area contributed by atoms with Crippen LogP contribution >= 0.6 is 23.2 Å². The van der Waals surface area contributed by atoms with Gasteiger partial charge in [-0.1, -0.05) is 55.2 Å². The number of hydrogen-bond donors (Lipinski definition) is 3. The van der Waals surface area contributed by atoms with Crippen molar-refractivity contribution in [1.29, 1.82) is 0 Å². The van der Waals surface area contributed by atoms with Crippen LogP contribution in [-0.2, 0) is 9.59 Å². The van der Waals surface area contributed by atoms with E-state index >= 15 is 0 Å². The molecule has 0 aliphatic heterocycles. The van der Waals surface area contributed by atoms with E-state index < -0.39 is 6.04 Å². The van der Waals surface area contributed by atoms with Gasteiger partial charge in [-0.15, -0.1) is 0 Å². The second-order valence-electron chi connectivity index (χ2n) is 7.16. The molecule has 0 bridgehead atoms. The molecule has 0 fully saturated rings. The lowest BCUT2D eigenvalue weighted by atomic mass is 10.0. The molecule has 2 rings (SSSR count). The van der Waals surface area contributed by atoms with Gasteiger partial charge >= 0.3 is 0 Å². The number of carbonyl (C=O) groups excluding carboxylic acids is 2. The van der Waals surface area contributed by atoms with Crippen molar-refractivity contribution in [2.24, 2.45) is 0 Å². The number of quaternary nitrogens is 1. The lowest BCUT2D eigenvalue weighted by Crippen LogP contribution is -3.14. The van der Waals surface area contributed by atoms with Gasteiger partial charge in [-0.2, -0.15) is 0 Å². The van der Waals surface area contributed by atoms with Crippen molar-refractivity contribution < 1.29 is 14.5 Å². The Labute approximate surface area is 176 Å². The molecule has 150 valence electrons. The Morgan fingerprint density at radius 1 is 0.964 bits per heavy atom. The molecule has 0 aliphatic rings. The Morgan fingerprint density at radius 2 is 1.54 bits per heavy atom. The Hall–Kier alpha value is -2.08. The molecule has 0 heterocycles. The SMILES string of the molecule is CC(C)c1ccc(NC(=O)[C@@H](C)[NH+](C)CC(=O)Nc2c(Cl)cccc2Cl)cc1. The zero-order valence-electron chi connectivity index (χ0n) is 16.5. The second kappa shape index (κ2) is 9.92. The minimum absolute atomic E-state index is 0.0996. The summed E-state index contributed by atoms with van der Waals surface area (Å²) in [5, 5.41) is 6.35. The molecule has 1 unspecified atom stereocenters. The smallest absolute Gasteiger partial charge is 0.282 e. The van der Waals surface area contributed by atoms with Crippen LogP contribution in [-0.4, -0.2) is 31.4 Å². The molecule has 2 atom stereocenters. The third kappa shape index (κ3) is 5.96. The fourth-order valence-corrected chi connectivity index (χ4v) is 3.12. The van der Waals surface area contributed by atoms with Crippen LogP contribution < -0.4 is 15.5 Å². The highest BCUT2D eigenvalue weighted by atomic mass is 35.5. The summed E-state index contributed by atoms with van der Waals surface area (Å²) in [5.74, 6) is 0.0104. The first kappa shape index (κ1) is 22.2. The topological polar surface area (TPSA) is 62.6 Å². The normalized spacial score (nSPS) is 13.1. The highest BCUT2D eigenvalue weighted by Crippen LogP contribution is 2.29. The maximum Gasteiger partial charge on any atom is 0.282 e. The Bertz CT molecular complexity index is 818. The molecule has 28 heavy (non-hydrogen) atoms. The third-order valence-corrected chi connectivity index (χ3v) is 5.27. The van der Waals surface area contributed by atoms with Crippen LogP contribution in [0.4, 0.5) is 11.4 Å². The van der Waals surface area contributed by atoms with Crippen molar-refractivity contribution in [1.82, 2.24) is 0 Å². The lowest BCUT2D eigenvalue weighted by molar-refractivity contribution is -0.885. The molecule has 2 aromatic rings. The number of para-hydroxylation sites is 1. The van der Waals surface area contributed by atoms with Gasteiger partial charge in [0.15, 0.2) is 12.6 Å². The Morgan fingerprint density at radius 3 is 2.07 bits per heavy atom. The van der Waals surface area contributed by atoms with Crippen LogP contribution in [0.1, 0.15) is 32.3 Å². The van der Waals surface area contributed by atoms with Crippen molar-refractivity contribution in [3.8, 4) is 0 Å². The van der Waals surface area contributed by atoms with E-state index in [0.29, 0.717) is 21.7 Å². The fourth-order valence-electron chi connectivity index (χ4n) is 2.63. The van der Waals surface area contributed by atoms with Gasteiger partial charge in [-0.3, -0.25) is 9.59 Å². The molecule has 0 spiro atoms. The quantitative estimate of drug-likeness (QED) is 0.638. The van der Waals surface area contributed by atoms with Crippen molar-refractivity contribution >= 4 is 46.4 Å². The highest BCUT2D eigenvalue weighted by molar-refractivity contribution is 6.39. The summed E-state index contributed by atoms with van der Waals surface area (Å²) in [5.41, 5.74) is 2.33. The average Bonchev–Trinajstić information content (AvgIpc) is 2.64. The molecule has 5 nitrogen and oxygen atoms in total. The number of hydrogen-bond acceptors (Lipinski definition) is 2. The summed E-state index contributed by atoms with van der Waals surface area (Å²) in [7, 11) is 1.79. The number of rotatable bonds is 7. The predicted octanol–water partition coefficient (Wildman–Crippen LogP) is 3.60. The molecule has 0 saturated carbocycles. The predicted molar refractivity (Wildman–Crippen MR) is 115 cm³/mol. The number of amides is 2. The zero-order chi connectivity index (χ0) is 20.8. The number of benzene rings is 2. The van der Waals surface area contributed by atoms with E-state index in [0.717, 1.165) is 10.6 Å². The number of carbonyl (C=O) groups is 2. The summed E-state index contributed by atoms with van der Waals surface area (Å²) in [6.45, 7) is 6.12. The van der Waals surface area contributed by atoms with Gasteiger partial charge in [0.2, 0.25) is 0 Å². The Kier molecular flexibility index (Phi) is 7.87. The molecular formula is C21H26Cl2N3O2+. The minimum atomic E-state index is -0.419. The van der Waals surface area contributed by atoms with Gasteiger partial charge in [0.25, 0.3) is 11.8 Å². The molecule has 2 aromatic carbocycles. The van der Waals surface area contributed by atoms with Crippen LogP contribution in [0.3, 0.4) is 0 Å². The van der Waals surface area contributed by atoms with Gasteiger partial charge in [0.1, 0.15) is 0 Å². The summed E-state index contributed by atoms with van der Waals surface area (Å²) in [4.78, 5) is 25.6. The van der Waals surface area contributed by atoms with Crippen LogP contribution in [0.2, 0.25) is 10.0 Å².